The van der Waals surface area contributed by atoms with Gasteiger partial charge in [-0.3, -0.25) is 4.79 Å². The van der Waals surface area contributed by atoms with Crippen LogP contribution in [-0.4, -0.2) is 53.4 Å². The number of hydrogen-bond acceptors (Lipinski definition) is 6. The third-order valence-electron chi connectivity index (χ3n) is 4.28. The Kier molecular flexibility index (Phi) is 5.47. The number of carbonyl (C=O) groups excluding carboxylic acids is 1. The zero-order valence-electron chi connectivity index (χ0n) is 14.7. The van der Waals surface area contributed by atoms with Gasteiger partial charge < -0.3 is 18.9 Å². The molecule has 1 amide bonds. The van der Waals surface area contributed by atoms with Crippen molar-refractivity contribution in [3.8, 4) is 11.4 Å². The van der Waals surface area contributed by atoms with Crippen molar-refractivity contribution in [2.45, 2.75) is 31.8 Å². The van der Waals surface area contributed by atoms with Gasteiger partial charge in [0.15, 0.2) is 0 Å². The number of benzene rings is 1. The number of carbonyl (C=O) groups is 1. The van der Waals surface area contributed by atoms with Crippen LogP contribution in [0.4, 0.5) is 13.2 Å². The molecule has 1 atom stereocenters. The van der Waals surface area contributed by atoms with Crippen LogP contribution in [0.1, 0.15) is 18.4 Å². The molecule has 0 saturated carbocycles. The molecule has 7 nitrogen and oxygen atoms in total. The van der Waals surface area contributed by atoms with Crippen molar-refractivity contribution in [1.29, 1.82) is 0 Å². The summed E-state index contributed by atoms with van der Waals surface area (Å²) in [5.74, 6) is -1.69. The topological polar surface area (TPSA) is 77.7 Å². The van der Waals surface area contributed by atoms with Gasteiger partial charge in [0.25, 0.3) is 5.91 Å². The van der Waals surface area contributed by atoms with Crippen LogP contribution in [0, 0.1) is 0 Å². The third kappa shape index (κ3) is 4.28. The largest absolute Gasteiger partial charge is 0.471 e. The predicted octanol–water partition coefficient (Wildman–Crippen LogP) is 2.52. The fourth-order valence-electron chi connectivity index (χ4n) is 2.54. The first-order chi connectivity index (χ1) is 12.8. The standard InChI is InChI=1S/C17H18F3N3O4/c1-10(25-2)15(24)23(13-8-26-9-13)7-11-3-5-12(6-4-11)14-21-16(27-22-14)17(18,19)20/h3-6,10,13H,7-9H2,1-2H3. The number of alkyl halides is 3. The average molecular weight is 385 g/mol. The van der Waals surface area contributed by atoms with E-state index in [9.17, 15) is 18.0 Å². The van der Waals surface area contributed by atoms with E-state index in [-0.39, 0.29) is 17.8 Å². The highest BCUT2D eigenvalue weighted by molar-refractivity contribution is 5.81. The number of hydrogen-bond donors (Lipinski definition) is 0. The lowest BCUT2D eigenvalue weighted by Crippen LogP contribution is -2.53. The zero-order valence-corrected chi connectivity index (χ0v) is 14.7. The Hall–Kier alpha value is -2.46. The summed E-state index contributed by atoms with van der Waals surface area (Å²) < 4.78 is 52.2. The lowest BCUT2D eigenvalue weighted by atomic mass is 10.1. The second-order valence-corrected chi connectivity index (χ2v) is 6.15. The third-order valence-corrected chi connectivity index (χ3v) is 4.28. The lowest BCUT2D eigenvalue weighted by Gasteiger charge is -2.38. The molecule has 0 spiro atoms. The van der Waals surface area contributed by atoms with Crippen LogP contribution in [0.3, 0.4) is 0 Å². The van der Waals surface area contributed by atoms with Gasteiger partial charge in [0.05, 0.1) is 19.3 Å². The Morgan fingerprint density at radius 3 is 2.48 bits per heavy atom. The summed E-state index contributed by atoms with van der Waals surface area (Å²) >= 11 is 0. The van der Waals surface area contributed by atoms with Crippen LogP contribution in [0.5, 0.6) is 0 Å². The molecule has 1 saturated heterocycles. The molecule has 2 aromatic rings. The molecular formula is C17H18F3N3O4. The molecule has 0 radical (unpaired) electrons. The summed E-state index contributed by atoms with van der Waals surface area (Å²) in [6.07, 6.45) is -5.26. The van der Waals surface area contributed by atoms with E-state index in [1.165, 1.54) is 7.11 Å². The van der Waals surface area contributed by atoms with Crippen molar-refractivity contribution in [1.82, 2.24) is 15.0 Å². The van der Waals surface area contributed by atoms with Crippen molar-refractivity contribution in [2.24, 2.45) is 0 Å². The lowest BCUT2D eigenvalue weighted by molar-refractivity contribution is -0.159. The van der Waals surface area contributed by atoms with E-state index in [4.69, 9.17) is 9.47 Å². The summed E-state index contributed by atoms with van der Waals surface area (Å²) in [6, 6.07) is 6.55. The molecule has 1 aliphatic heterocycles. The number of aromatic nitrogens is 2. The summed E-state index contributed by atoms with van der Waals surface area (Å²) in [7, 11) is 1.47. The highest BCUT2D eigenvalue weighted by Crippen LogP contribution is 2.29. The van der Waals surface area contributed by atoms with Gasteiger partial charge in [-0.1, -0.05) is 29.4 Å². The minimum absolute atomic E-state index is 0.0265. The van der Waals surface area contributed by atoms with E-state index in [1.54, 1.807) is 36.1 Å². The normalized spacial score (nSPS) is 16.0. The van der Waals surface area contributed by atoms with E-state index >= 15 is 0 Å². The van der Waals surface area contributed by atoms with E-state index < -0.39 is 18.2 Å². The molecule has 1 fully saturated rings. The van der Waals surface area contributed by atoms with Gasteiger partial charge >= 0.3 is 12.1 Å². The summed E-state index contributed by atoms with van der Waals surface area (Å²) in [4.78, 5) is 17.5. The Labute approximate surface area is 153 Å². The summed E-state index contributed by atoms with van der Waals surface area (Å²) in [6.45, 7) is 2.93. The monoisotopic (exact) mass is 385 g/mol. The molecule has 0 N–H and O–H groups in total. The molecule has 146 valence electrons. The van der Waals surface area contributed by atoms with Crippen LogP contribution in [-0.2, 0) is 27.0 Å². The maximum atomic E-state index is 12.6. The minimum Gasteiger partial charge on any atom is -0.377 e. The van der Waals surface area contributed by atoms with Gasteiger partial charge in [0.2, 0.25) is 5.82 Å². The maximum Gasteiger partial charge on any atom is 0.471 e. The highest BCUT2D eigenvalue weighted by Gasteiger charge is 2.38. The Morgan fingerprint density at radius 1 is 1.33 bits per heavy atom. The highest BCUT2D eigenvalue weighted by atomic mass is 19.4. The quantitative estimate of drug-likeness (QED) is 0.761. The number of nitrogens with zero attached hydrogens (tertiary/aromatic N) is 3. The molecule has 1 aromatic heterocycles. The van der Waals surface area contributed by atoms with Gasteiger partial charge in [-0.25, -0.2) is 0 Å². The predicted molar refractivity (Wildman–Crippen MR) is 86.4 cm³/mol. The molecule has 3 rings (SSSR count). The second-order valence-electron chi connectivity index (χ2n) is 6.15. The van der Waals surface area contributed by atoms with E-state index in [1.807, 2.05) is 0 Å². The molecule has 10 heteroatoms. The summed E-state index contributed by atoms with van der Waals surface area (Å²) in [5.41, 5.74) is 1.19. The molecule has 0 aliphatic carbocycles. The fraction of sp³-hybridized carbons (Fsp3) is 0.471. The SMILES string of the molecule is COC(C)C(=O)N(Cc1ccc(-c2noc(C(F)(F)F)n2)cc1)C1COC1. The van der Waals surface area contributed by atoms with Crippen LogP contribution >= 0.6 is 0 Å². The zero-order chi connectivity index (χ0) is 19.6. The van der Waals surface area contributed by atoms with Crippen molar-refractivity contribution < 1.29 is 32.0 Å². The molecule has 1 unspecified atom stereocenters. The first kappa shape index (κ1) is 19.3. The minimum atomic E-state index is -4.69. The average Bonchev–Trinajstić information content (AvgIpc) is 3.09. The maximum absolute atomic E-state index is 12.6. The fourth-order valence-corrected chi connectivity index (χ4v) is 2.54. The van der Waals surface area contributed by atoms with Crippen molar-refractivity contribution in [2.75, 3.05) is 20.3 Å². The van der Waals surface area contributed by atoms with Crippen LogP contribution < -0.4 is 0 Å². The first-order valence-corrected chi connectivity index (χ1v) is 8.21. The Morgan fingerprint density at radius 2 is 2.00 bits per heavy atom. The number of rotatable bonds is 6. The van der Waals surface area contributed by atoms with E-state index in [2.05, 4.69) is 14.7 Å². The van der Waals surface area contributed by atoms with Crippen molar-refractivity contribution >= 4 is 5.91 Å². The van der Waals surface area contributed by atoms with Crippen LogP contribution in [0.25, 0.3) is 11.4 Å². The molecule has 1 aromatic carbocycles. The van der Waals surface area contributed by atoms with Crippen LogP contribution in [0.2, 0.25) is 0 Å². The first-order valence-electron chi connectivity index (χ1n) is 8.21. The van der Waals surface area contributed by atoms with Gasteiger partial charge in [0, 0.05) is 19.2 Å². The van der Waals surface area contributed by atoms with E-state index in [0.717, 1.165) is 5.56 Å². The van der Waals surface area contributed by atoms with Crippen LogP contribution in [0.15, 0.2) is 28.8 Å². The van der Waals surface area contributed by atoms with Gasteiger partial charge in [-0.05, 0) is 12.5 Å². The van der Waals surface area contributed by atoms with Gasteiger partial charge in [-0.15, -0.1) is 0 Å². The summed E-state index contributed by atoms with van der Waals surface area (Å²) in [5, 5.41) is 3.35. The van der Waals surface area contributed by atoms with Crippen molar-refractivity contribution in [3.63, 3.8) is 0 Å². The Bertz CT molecular complexity index is 787. The second kappa shape index (κ2) is 7.65. The Balaban J connectivity index is 1.74. The van der Waals surface area contributed by atoms with Crippen molar-refractivity contribution in [3.05, 3.63) is 35.7 Å². The number of methoxy groups -OCH3 is 1. The molecular weight excluding hydrogens is 367 g/mol. The van der Waals surface area contributed by atoms with Gasteiger partial charge in [-0.2, -0.15) is 18.2 Å². The molecule has 2 heterocycles. The smallest absolute Gasteiger partial charge is 0.377 e. The molecule has 27 heavy (non-hydrogen) atoms. The molecule has 0 bridgehead atoms. The number of ether oxygens (including phenoxy) is 2. The van der Waals surface area contributed by atoms with E-state index in [0.29, 0.717) is 25.3 Å². The van der Waals surface area contributed by atoms with Gasteiger partial charge in [0.1, 0.15) is 6.10 Å². The number of halogens is 3. The molecule has 1 aliphatic rings. The number of amides is 1.